The molecule has 2 aromatic carbocycles. The number of anilines is 1. The first-order chi connectivity index (χ1) is 9.11. The molecule has 2 rings (SSSR count). The van der Waals surface area contributed by atoms with Crippen LogP contribution >= 0.6 is 27.5 Å². The highest BCUT2D eigenvalue weighted by atomic mass is 79.9. The predicted octanol–water partition coefficient (Wildman–Crippen LogP) is 4.23. The van der Waals surface area contributed by atoms with Crippen molar-refractivity contribution in [1.29, 1.82) is 5.26 Å². The second-order valence-corrected chi connectivity index (χ2v) is 5.03. The molecule has 0 radical (unpaired) electrons. The molecule has 19 heavy (non-hydrogen) atoms. The number of halogens is 2. The molecule has 1 amide bonds. The van der Waals surface area contributed by atoms with Crippen LogP contribution in [-0.4, -0.2) is 5.91 Å². The number of nitrogens with zero attached hydrogens (tertiary/aromatic N) is 1. The highest BCUT2D eigenvalue weighted by Gasteiger charge is 2.12. The van der Waals surface area contributed by atoms with Gasteiger partial charge in [0.1, 0.15) is 6.07 Å². The summed E-state index contributed by atoms with van der Waals surface area (Å²) in [6, 6.07) is 13.8. The van der Waals surface area contributed by atoms with Crippen LogP contribution in [0.1, 0.15) is 15.9 Å². The van der Waals surface area contributed by atoms with Crippen LogP contribution in [0.3, 0.4) is 0 Å². The summed E-state index contributed by atoms with van der Waals surface area (Å²) in [5.74, 6) is -0.300. The summed E-state index contributed by atoms with van der Waals surface area (Å²) in [6.07, 6.45) is 0. The van der Waals surface area contributed by atoms with Gasteiger partial charge in [-0.05, 0) is 46.3 Å². The van der Waals surface area contributed by atoms with E-state index in [1.54, 1.807) is 42.5 Å². The summed E-state index contributed by atoms with van der Waals surface area (Å²) in [6.45, 7) is 0. The third-order valence-corrected chi connectivity index (χ3v) is 3.36. The fourth-order valence-corrected chi connectivity index (χ4v) is 2.42. The van der Waals surface area contributed by atoms with Crippen molar-refractivity contribution in [3.05, 3.63) is 63.1 Å². The van der Waals surface area contributed by atoms with E-state index >= 15 is 0 Å². The summed E-state index contributed by atoms with van der Waals surface area (Å²) < 4.78 is 0.604. The van der Waals surface area contributed by atoms with E-state index in [1.807, 2.05) is 6.07 Å². The molecule has 2 aromatic rings. The monoisotopic (exact) mass is 334 g/mol. The molecule has 0 aliphatic carbocycles. The molecule has 0 spiro atoms. The summed E-state index contributed by atoms with van der Waals surface area (Å²) in [4.78, 5) is 12.1. The summed E-state index contributed by atoms with van der Waals surface area (Å²) >= 11 is 9.11. The second-order valence-electron chi connectivity index (χ2n) is 3.74. The number of amides is 1. The van der Waals surface area contributed by atoms with Crippen molar-refractivity contribution in [2.75, 3.05) is 5.32 Å². The van der Waals surface area contributed by atoms with E-state index in [9.17, 15) is 4.79 Å². The Morgan fingerprint density at radius 1 is 1.26 bits per heavy atom. The zero-order chi connectivity index (χ0) is 13.8. The van der Waals surface area contributed by atoms with Crippen LogP contribution < -0.4 is 5.32 Å². The number of nitriles is 1. The Balaban J connectivity index is 2.29. The summed E-state index contributed by atoms with van der Waals surface area (Å²) in [5, 5.41) is 12.2. The lowest BCUT2D eigenvalue weighted by Crippen LogP contribution is -2.13. The summed E-state index contributed by atoms with van der Waals surface area (Å²) in [7, 11) is 0. The Hall–Kier alpha value is -1.83. The lowest BCUT2D eigenvalue weighted by atomic mass is 10.1. The van der Waals surface area contributed by atoms with Gasteiger partial charge in [0, 0.05) is 9.50 Å². The zero-order valence-electron chi connectivity index (χ0n) is 9.65. The van der Waals surface area contributed by atoms with Crippen molar-refractivity contribution in [3.8, 4) is 6.07 Å². The molecule has 0 aliphatic rings. The fourth-order valence-electron chi connectivity index (χ4n) is 1.55. The largest absolute Gasteiger partial charge is 0.321 e. The van der Waals surface area contributed by atoms with Gasteiger partial charge in [0.05, 0.1) is 16.8 Å². The smallest absolute Gasteiger partial charge is 0.256 e. The molecular weight excluding hydrogens is 328 g/mol. The van der Waals surface area contributed by atoms with Gasteiger partial charge >= 0.3 is 0 Å². The van der Waals surface area contributed by atoms with Crippen LogP contribution in [0.25, 0.3) is 0 Å². The van der Waals surface area contributed by atoms with Crippen molar-refractivity contribution >= 4 is 39.1 Å². The Morgan fingerprint density at radius 3 is 2.68 bits per heavy atom. The topological polar surface area (TPSA) is 52.9 Å². The molecule has 3 nitrogen and oxygen atoms in total. The van der Waals surface area contributed by atoms with Crippen molar-refractivity contribution in [1.82, 2.24) is 0 Å². The minimum absolute atomic E-state index is 0.300. The van der Waals surface area contributed by atoms with Gasteiger partial charge in [-0.2, -0.15) is 5.26 Å². The van der Waals surface area contributed by atoms with Crippen molar-refractivity contribution in [2.45, 2.75) is 0 Å². The molecule has 0 saturated carbocycles. The van der Waals surface area contributed by atoms with Gasteiger partial charge in [0.2, 0.25) is 0 Å². The van der Waals surface area contributed by atoms with Gasteiger partial charge in [0.15, 0.2) is 0 Å². The lowest BCUT2D eigenvalue weighted by molar-refractivity contribution is 0.102. The molecular formula is C14H8BrClN2O. The maximum absolute atomic E-state index is 12.1. The molecule has 0 aliphatic heterocycles. The first kappa shape index (κ1) is 13.6. The molecule has 0 fully saturated rings. The highest BCUT2D eigenvalue weighted by Crippen LogP contribution is 2.23. The quantitative estimate of drug-likeness (QED) is 0.893. The second kappa shape index (κ2) is 5.87. The minimum atomic E-state index is -0.300. The van der Waals surface area contributed by atoms with Crippen LogP contribution in [-0.2, 0) is 0 Å². The number of hydrogen-bond acceptors (Lipinski definition) is 2. The van der Waals surface area contributed by atoms with Crippen molar-refractivity contribution < 1.29 is 4.79 Å². The normalized spacial score (nSPS) is 9.74. The van der Waals surface area contributed by atoms with Gasteiger partial charge in [-0.25, -0.2) is 0 Å². The van der Waals surface area contributed by atoms with Gasteiger partial charge in [0.25, 0.3) is 5.91 Å². The minimum Gasteiger partial charge on any atom is -0.321 e. The SMILES string of the molecule is N#Cc1ccccc1NC(=O)c1ccc(Cl)cc1Br. The van der Waals surface area contributed by atoms with Crippen molar-refractivity contribution in [2.24, 2.45) is 0 Å². The standard InChI is InChI=1S/C14H8BrClN2O/c15-12-7-10(16)5-6-11(12)14(19)18-13-4-2-1-3-9(13)8-17/h1-7H,(H,18,19). The molecule has 0 bridgehead atoms. The number of benzene rings is 2. The molecule has 0 heterocycles. The van der Waals surface area contributed by atoms with Crippen LogP contribution in [0.4, 0.5) is 5.69 Å². The molecule has 94 valence electrons. The number of hydrogen-bond donors (Lipinski definition) is 1. The fraction of sp³-hybridized carbons (Fsp3) is 0. The third-order valence-electron chi connectivity index (χ3n) is 2.47. The maximum Gasteiger partial charge on any atom is 0.256 e. The molecule has 0 atom stereocenters. The third kappa shape index (κ3) is 3.14. The van der Waals surface area contributed by atoms with Crippen molar-refractivity contribution in [3.63, 3.8) is 0 Å². The van der Waals surface area contributed by atoms with E-state index in [1.165, 1.54) is 0 Å². The Kier molecular flexibility index (Phi) is 4.20. The lowest BCUT2D eigenvalue weighted by Gasteiger charge is -2.08. The van der Waals surface area contributed by atoms with Gasteiger partial charge in [-0.1, -0.05) is 23.7 Å². The Morgan fingerprint density at radius 2 is 2.00 bits per heavy atom. The first-order valence-electron chi connectivity index (χ1n) is 5.37. The molecule has 0 saturated heterocycles. The number of rotatable bonds is 2. The van der Waals surface area contributed by atoms with E-state index in [0.29, 0.717) is 26.3 Å². The predicted molar refractivity (Wildman–Crippen MR) is 78.3 cm³/mol. The van der Waals surface area contributed by atoms with Crippen LogP contribution in [0.15, 0.2) is 46.9 Å². The molecule has 5 heteroatoms. The van der Waals surface area contributed by atoms with E-state index < -0.39 is 0 Å². The molecule has 1 N–H and O–H groups in total. The zero-order valence-corrected chi connectivity index (χ0v) is 12.0. The van der Waals surface area contributed by atoms with Gasteiger partial charge in [-0.15, -0.1) is 0 Å². The maximum atomic E-state index is 12.1. The van der Waals surface area contributed by atoms with Crippen LogP contribution in [0.5, 0.6) is 0 Å². The van der Waals surface area contributed by atoms with E-state index in [-0.39, 0.29) is 5.91 Å². The number of carbonyl (C=O) groups is 1. The summed E-state index contributed by atoms with van der Waals surface area (Å²) in [5.41, 5.74) is 1.36. The van der Waals surface area contributed by atoms with Crippen LogP contribution in [0.2, 0.25) is 5.02 Å². The Labute approximate surface area is 123 Å². The average molecular weight is 336 g/mol. The average Bonchev–Trinajstić information content (AvgIpc) is 2.39. The van der Waals surface area contributed by atoms with Gasteiger partial charge in [-0.3, -0.25) is 4.79 Å². The molecule has 0 aromatic heterocycles. The number of nitrogens with one attached hydrogen (secondary N) is 1. The van der Waals surface area contributed by atoms with Gasteiger partial charge < -0.3 is 5.32 Å². The van der Waals surface area contributed by atoms with E-state index in [4.69, 9.17) is 16.9 Å². The van der Waals surface area contributed by atoms with E-state index in [0.717, 1.165) is 0 Å². The highest BCUT2D eigenvalue weighted by molar-refractivity contribution is 9.10. The first-order valence-corrected chi connectivity index (χ1v) is 6.54. The van der Waals surface area contributed by atoms with Crippen LogP contribution in [0, 0.1) is 11.3 Å². The Bertz CT molecular complexity index is 679. The number of carbonyl (C=O) groups excluding carboxylic acids is 1. The number of para-hydroxylation sites is 1. The van der Waals surface area contributed by atoms with E-state index in [2.05, 4.69) is 21.2 Å². The molecule has 0 unspecified atom stereocenters.